The first-order valence-corrected chi connectivity index (χ1v) is 6.85. The Balaban J connectivity index is 2.62. The van der Waals surface area contributed by atoms with Crippen molar-refractivity contribution in [2.75, 3.05) is 18.5 Å². The van der Waals surface area contributed by atoms with E-state index in [1.807, 2.05) is 6.92 Å². The zero-order chi connectivity index (χ0) is 12.7. The first-order chi connectivity index (χ1) is 8.20. The van der Waals surface area contributed by atoms with Gasteiger partial charge in [0, 0.05) is 6.54 Å². The van der Waals surface area contributed by atoms with Gasteiger partial charge in [-0.1, -0.05) is 19.8 Å². The van der Waals surface area contributed by atoms with Crippen molar-refractivity contribution in [3.8, 4) is 0 Å². The summed E-state index contributed by atoms with van der Waals surface area (Å²) in [5, 5.41) is 4.09. The summed E-state index contributed by atoms with van der Waals surface area (Å²) in [5.41, 5.74) is 1.33. The van der Waals surface area contributed by atoms with Crippen molar-refractivity contribution in [3.63, 3.8) is 0 Å². The lowest BCUT2D eigenvalue weighted by atomic mass is 10.2. The summed E-state index contributed by atoms with van der Waals surface area (Å²) in [5.74, 6) is -0.281. The lowest BCUT2D eigenvalue weighted by Gasteiger charge is -2.06. The Morgan fingerprint density at radius 3 is 2.82 bits per heavy atom. The Morgan fingerprint density at radius 1 is 1.41 bits per heavy atom. The van der Waals surface area contributed by atoms with Crippen LogP contribution in [0.3, 0.4) is 0 Å². The van der Waals surface area contributed by atoms with E-state index in [-0.39, 0.29) is 5.97 Å². The molecule has 0 bridgehead atoms. The second-order valence-electron chi connectivity index (χ2n) is 3.83. The molecule has 0 atom stereocenters. The topological polar surface area (TPSA) is 51.2 Å². The molecule has 17 heavy (non-hydrogen) atoms. The van der Waals surface area contributed by atoms with E-state index in [0.29, 0.717) is 12.2 Å². The number of carbonyl (C=O) groups is 1. The van der Waals surface area contributed by atoms with Crippen molar-refractivity contribution < 1.29 is 9.53 Å². The number of carbonyl (C=O) groups excluding carboxylic acids is 1. The Labute approximate surface area is 107 Å². The molecule has 5 heteroatoms. The fraction of sp³-hybridized carbons (Fsp3) is 0.667. The van der Waals surface area contributed by atoms with Gasteiger partial charge in [-0.2, -0.15) is 4.37 Å². The van der Waals surface area contributed by atoms with Crippen molar-refractivity contribution in [1.82, 2.24) is 4.37 Å². The molecule has 0 aliphatic carbocycles. The van der Waals surface area contributed by atoms with Crippen LogP contribution in [0.5, 0.6) is 0 Å². The zero-order valence-electron chi connectivity index (χ0n) is 10.7. The van der Waals surface area contributed by atoms with Gasteiger partial charge in [0.25, 0.3) is 0 Å². The zero-order valence-corrected chi connectivity index (χ0v) is 11.5. The Kier molecular flexibility index (Phi) is 5.97. The second kappa shape index (κ2) is 7.27. The van der Waals surface area contributed by atoms with Crippen molar-refractivity contribution in [2.24, 2.45) is 0 Å². The summed E-state index contributed by atoms with van der Waals surface area (Å²) in [7, 11) is 0. The highest BCUT2D eigenvalue weighted by Crippen LogP contribution is 2.25. The predicted octanol–water partition coefficient (Wildman–Crippen LogP) is 3.23. The van der Waals surface area contributed by atoms with Crippen molar-refractivity contribution >= 4 is 22.5 Å². The summed E-state index contributed by atoms with van der Waals surface area (Å²) in [6, 6.07) is 0. The summed E-state index contributed by atoms with van der Waals surface area (Å²) in [6.45, 7) is 7.08. The highest BCUT2D eigenvalue weighted by atomic mass is 32.1. The normalized spacial score (nSPS) is 10.3. The molecule has 0 radical (unpaired) electrons. The van der Waals surface area contributed by atoms with Gasteiger partial charge in [0.2, 0.25) is 0 Å². The maximum Gasteiger partial charge on any atom is 0.343 e. The third-order valence-electron chi connectivity index (χ3n) is 2.41. The predicted molar refractivity (Wildman–Crippen MR) is 70.8 cm³/mol. The molecule has 1 N–H and O–H groups in total. The molecule has 96 valence electrons. The minimum atomic E-state index is -0.281. The van der Waals surface area contributed by atoms with Crippen LogP contribution in [-0.4, -0.2) is 23.5 Å². The summed E-state index contributed by atoms with van der Waals surface area (Å²) < 4.78 is 9.22. The van der Waals surface area contributed by atoms with Crippen LogP contribution in [0.4, 0.5) is 5.00 Å². The van der Waals surface area contributed by atoms with E-state index >= 15 is 0 Å². The maximum atomic E-state index is 11.7. The number of hydrogen-bond acceptors (Lipinski definition) is 5. The van der Waals surface area contributed by atoms with Gasteiger partial charge in [-0.05, 0) is 31.8 Å². The number of hydrogen-bond donors (Lipinski definition) is 1. The third-order valence-corrected chi connectivity index (χ3v) is 3.30. The number of nitrogens with one attached hydrogen (secondary N) is 1. The molecular weight excluding hydrogens is 236 g/mol. The molecule has 0 unspecified atom stereocenters. The standard InChI is InChI=1S/C12H20N2O2S/c1-4-6-7-8-13-11-10(9(3)14-17-11)12(15)16-5-2/h13H,4-8H2,1-3H3. The fourth-order valence-electron chi connectivity index (χ4n) is 1.51. The number of aryl methyl sites for hydroxylation is 1. The average Bonchev–Trinajstić information content (AvgIpc) is 2.66. The Hall–Kier alpha value is -1.10. The molecule has 0 aliphatic heterocycles. The maximum absolute atomic E-state index is 11.7. The van der Waals surface area contributed by atoms with Crippen LogP contribution in [0, 0.1) is 6.92 Å². The van der Waals surface area contributed by atoms with Gasteiger partial charge in [0.05, 0.1) is 12.3 Å². The highest BCUT2D eigenvalue weighted by Gasteiger charge is 2.18. The van der Waals surface area contributed by atoms with Crippen LogP contribution < -0.4 is 5.32 Å². The molecule has 0 aliphatic rings. The fourth-order valence-corrected chi connectivity index (χ4v) is 2.32. The number of nitrogens with zero attached hydrogens (tertiary/aromatic N) is 1. The van der Waals surface area contributed by atoms with Gasteiger partial charge in [-0.15, -0.1) is 0 Å². The smallest absolute Gasteiger partial charge is 0.343 e. The number of rotatable bonds is 7. The largest absolute Gasteiger partial charge is 0.462 e. The summed E-state index contributed by atoms with van der Waals surface area (Å²) in [4.78, 5) is 11.7. The van der Waals surface area contributed by atoms with Gasteiger partial charge >= 0.3 is 5.97 Å². The lowest BCUT2D eigenvalue weighted by Crippen LogP contribution is -2.09. The van der Waals surface area contributed by atoms with E-state index in [2.05, 4.69) is 16.6 Å². The molecule has 1 heterocycles. The number of anilines is 1. The third kappa shape index (κ3) is 4.00. The van der Waals surface area contributed by atoms with E-state index in [9.17, 15) is 4.79 Å². The molecule has 0 amide bonds. The molecule has 1 rings (SSSR count). The van der Waals surface area contributed by atoms with Gasteiger partial charge < -0.3 is 10.1 Å². The molecular formula is C12H20N2O2S. The first kappa shape index (κ1) is 14.0. The molecule has 0 saturated heterocycles. The van der Waals surface area contributed by atoms with Crippen LogP contribution in [0.15, 0.2) is 0 Å². The summed E-state index contributed by atoms with van der Waals surface area (Å²) in [6.07, 6.45) is 3.49. The molecule has 0 aromatic carbocycles. The molecule has 0 fully saturated rings. The van der Waals surface area contributed by atoms with Crippen LogP contribution >= 0.6 is 11.5 Å². The molecule has 4 nitrogen and oxygen atoms in total. The van der Waals surface area contributed by atoms with Crippen LogP contribution in [0.2, 0.25) is 0 Å². The van der Waals surface area contributed by atoms with Gasteiger partial charge in [-0.3, -0.25) is 0 Å². The van der Waals surface area contributed by atoms with Gasteiger partial charge in [0.15, 0.2) is 0 Å². The number of ether oxygens (including phenoxy) is 1. The second-order valence-corrected chi connectivity index (χ2v) is 4.60. The quantitative estimate of drug-likeness (QED) is 0.601. The Morgan fingerprint density at radius 2 is 2.18 bits per heavy atom. The average molecular weight is 256 g/mol. The van der Waals surface area contributed by atoms with E-state index in [1.165, 1.54) is 24.4 Å². The summed E-state index contributed by atoms with van der Waals surface area (Å²) >= 11 is 1.33. The molecule has 0 saturated carbocycles. The van der Waals surface area contributed by atoms with Crippen LogP contribution in [0.1, 0.15) is 49.2 Å². The monoisotopic (exact) mass is 256 g/mol. The van der Waals surface area contributed by atoms with E-state index in [4.69, 9.17) is 4.74 Å². The molecule has 1 aromatic rings. The number of esters is 1. The first-order valence-electron chi connectivity index (χ1n) is 6.07. The minimum Gasteiger partial charge on any atom is -0.462 e. The van der Waals surface area contributed by atoms with Gasteiger partial charge in [0.1, 0.15) is 10.6 Å². The lowest BCUT2D eigenvalue weighted by molar-refractivity contribution is 0.0527. The molecule has 0 spiro atoms. The Bertz CT molecular complexity index is 363. The number of unbranched alkanes of at least 4 members (excludes halogenated alkanes) is 2. The number of aromatic nitrogens is 1. The molecule has 1 aromatic heterocycles. The van der Waals surface area contributed by atoms with Crippen molar-refractivity contribution in [2.45, 2.75) is 40.0 Å². The van der Waals surface area contributed by atoms with E-state index in [1.54, 1.807) is 6.92 Å². The SMILES string of the molecule is CCCCCNc1snc(C)c1C(=O)OCC. The van der Waals surface area contributed by atoms with Crippen LogP contribution in [-0.2, 0) is 4.74 Å². The van der Waals surface area contributed by atoms with Crippen LogP contribution in [0.25, 0.3) is 0 Å². The highest BCUT2D eigenvalue weighted by molar-refractivity contribution is 7.10. The van der Waals surface area contributed by atoms with Crippen molar-refractivity contribution in [1.29, 1.82) is 0 Å². The van der Waals surface area contributed by atoms with E-state index in [0.717, 1.165) is 23.7 Å². The van der Waals surface area contributed by atoms with E-state index < -0.39 is 0 Å². The van der Waals surface area contributed by atoms with Gasteiger partial charge in [-0.25, -0.2) is 4.79 Å². The van der Waals surface area contributed by atoms with Crippen molar-refractivity contribution in [3.05, 3.63) is 11.3 Å². The minimum absolute atomic E-state index is 0.281.